The van der Waals surface area contributed by atoms with E-state index >= 15 is 8.78 Å². The number of quaternary nitrogens is 1. The van der Waals surface area contributed by atoms with Gasteiger partial charge >= 0.3 is 23.8 Å². The van der Waals surface area contributed by atoms with Crippen LogP contribution in [0.1, 0.15) is 73.7 Å². The Labute approximate surface area is 335 Å². The van der Waals surface area contributed by atoms with E-state index in [9.17, 15) is 37.2 Å². The highest BCUT2D eigenvalue weighted by atomic mass is 35.5. The Morgan fingerprint density at radius 1 is 0.895 bits per heavy atom. The summed E-state index contributed by atoms with van der Waals surface area (Å²) in [6.07, 6.45) is 0.852. The maximum atomic E-state index is 16.3. The van der Waals surface area contributed by atoms with Crippen molar-refractivity contribution in [3.8, 4) is 0 Å². The number of amides is 6. The zero-order valence-corrected chi connectivity index (χ0v) is 33.8. The van der Waals surface area contributed by atoms with E-state index in [-0.39, 0.29) is 44.8 Å². The third kappa shape index (κ3) is 9.80. The Hall–Kier alpha value is -4.90. The molecule has 0 saturated carbocycles. The lowest BCUT2D eigenvalue weighted by Gasteiger charge is -2.37. The first-order valence-electron chi connectivity index (χ1n) is 18.4. The molecule has 0 spiro atoms. The van der Waals surface area contributed by atoms with Gasteiger partial charge in [-0.1, -0.05) is 69.6 Å². The number of nitrogens with one attached hydrogen (secondary N) is 2. The minimum atomic E-state index is -4.84. The van der Waals surface area contributed by atoms with Crippen molar-refractivity contribution in [2.24, 2.45) is 17.6 Å². The van der Waals surface area contributed by atoms with Gasteiger partial charge in [0.1, 0.15) is 18.1 Å². The largest absolute Gasteiger partial charge is 0.424 e. The molecule has 0 aliphatic carbocycles. The molecular weight excluding hydrogens is 784 g/mol. The number of nitrogens with two attached hydrogens (primary N) is 1. The van der Waals surface area contributed by atoms with E-state index in [1.807, 2.05) is 4.72 Å². The van der Waals surface area contributed by atoms with Crippen molar-refractivity contribution in [1.29, 1.82) is 0 Å². The number of alkyl halides is 2. The van der Waals surface area contributed by atoms with Crippen molar-refractivity contribution < 1.29 is 50.4 Å². The van der Waals surface area contributed by atoms with Crippen LogP contribution in [-0.2, 0) is 30.8 Å². The van der Waals surface area contributed by atoms with Crippen molar-refractivity contribution in [3.05, 3.63) is 101 Å². The van der Waals surface area contributed by atoms with Gasteiger partial charge in [0.2, 0.25) is 5.78 Å². The van der Waals surface area contributed by atoms with Gasteiger partial charge in [0, 0.05) is 35.5 Å². The lowest BCUT2D eigenvalue weighted by molar-refractivity contribution is -0.785. The standard InChI is InChI=1S/C40H46ClF2N5O8S/c1-24(2)32(44)37(52)48(23-9-10-26(48)5)39(54)45-33(25(3)4)34(49)40(42,43)38(53)47(22-21-27-11-7-6-8-12-27)36(51)29-15-13-28(14-16-29)35(50)46-57(55,56)31-19-17-30(41)18-20-31/h6-8,11-20,24-26,32-33H,9-10,21-23,44H2,1-5H3,(H-,45,46,50,54)/p+1/t26-,32+,33?,48?/m1/s1. The topological polar surface area (TPSA) is 190 Å². The van der Waals surface area contributed by atoms with Crippen LogP contribution in [0.3, 0.4) is 0 Å². The van der Waals surface area contributed by atoms with E-state index in [1.54, 1.807) is 51.1 Å². The van der Waals surface area contributed by atoms with Crippen LogP contribution in [0, 0.1) is 11.8 Å². The maximum absolute atomic E-state index is 16.3. The van der Waals surface area contributed by atoms with E-state index in [4.69, 9.17) is 17.3 Å². The Kier molecular flexibility index (Phi) is 14.3. The van der Waals surface area contributed by atoms with Gasteiger partial charge in [-0.25, -0.2) is 22.7 Å². The van der Waals surface area contributed by atoms with Crippen LogP contribution in [0.5, 0.6) is 0 Å². The Bertz CT molecular complexity index is 2100. The number of benzene rings is 3. The molecule has 2 unspecified atom stereocenters. The van der Waals surface area contributed by atoms with Crippen LogP contribution >= 0.6 is 11.6 Å². The lowest BCUT2D eigenvalue weighted by atomic mass is 9.94. The normalized spacial score (nSPS) is 18.1. The minimum absolute atomic E-state index is 0.0426. The van der Waals surface area contributed by atoms with Crippen molar-refractivity contribution in [3.63, 3.8) is 0 Å². The Morgan fingerprint density at radius 3 is 2.00 bits per heavy atom. The molecule has 1 saturated heterocycles. The number of urea groups is 1. The summed E-state index contributed by atoms with van der Waals surface area (Å²) in [4.78, 5) is 81.9. The number of imide groups is 2. The van der Waals surface area contributed by atoms with Crippen LogP contribution < -0.4 is 15.8 Å². The molecule has 13 nitrogen and oxygen atoms in total. The lowest BCUT2D eigenvalue weighted by Crippen LogP contribution is -2.69. The number of Topliss-reactive ketones (excluding diaryl/α,β-unsaturated/α-hetero) is 1. The van der Waals surface area contributed by atoms with Crippen molar-refractivity contribution in [2.45, 2.75) is 82.8 Å². The quantitative estimate of drug-likeness (QED) is 0.146. The number of likely N-dealkylation sites (tertiary alicyclic amines) is 1. The van der Waals surface area contributed by atoms with Crippen LogP contribution in [0.4, 0.5) is 13.6 Å². The fourth-order valence-corrected chi connectivity index (χ4v) is 7.67. The Balaban J connectivity index is 1.62. The van der Waals surface area contributed by atoms with E-state index in [1.165, 1.54) is 38.1 Å². The van der Waals surface area contributed by atoms with E-state index in [2.05, 4.69) is 5.32 Å². The number of carbonyl (C=O) groups is 6. The summed E-state index contributed by atoms with van der Waals surface area (Å²) >= 11 is 5.82. The summed E-state index contributed by atoms with van der Waals surface area (Å²) in [5.74, 6) is -13.2. The smallest absolute Gasteiger partial charge is 0.316 e. The van der Waals surface area contributed by atoms with Gasteiger partial charge in [0.25, 0.3) is 21.8 Å². The van der Waals surface area contributed by atoms with Crippen LogP contribution in [0.25, 0.3) is 0 Å². The highest BCUT2D eigenvalue weighted by molar-refractivity contribution is 7.90. The summed E-state index contributed by atoms with van der Waals surface area (Å²) in [5, 5.41) is 2.62. The average Bonchev–Trinajstić information content (AvgIpc) is 3.57. The summed E-state index contributed by atoms with van der Waals surface area (Å²) in [7, 11) is -4.32. The first-order valence-corrected chi connectivity index (χ1v) is 20.2. The maximum Gasteiger partial charge on any atom is 0.424 e. The highest BCUT2D eigenvalue weighted by Gasteiger charge is 2.58. The van der Waals surface area contributed by atoms with E-state index in [0.717, 1.165) is 24.3 Å². The predicted octanol–water partition coefficient (Wildman–Crippen LogP) is 5.12. The predicted molar refractivity (Wildman–Crippen MR) is 207 cm³/mol. The average molecular weight is 831 g/mol. The zero-order chi connectivity index (χ0) is 42.5. The molecule has 0 aromatic heterocycles. The fraction of sp³-hybridized carbons (Fsp3) is 0.400. The van der Waals surface area contributed by atoms with Crippen molar-refractivity contribution in [1.82, 2.24) is 14.9 Å². The summed E-state index contributed by atoms with van der Waals surface area (Å²) in [5.41, 5.74) is 6.20. The first-order chi connectivity index (χ1) is 26.6. The molecule has 1 heterocycles. The van der Waals surface area contributed by atoms with E-state index in [0.29, 0.717) is 18.4 Å². The van der Waals surface area contributed by atoms with Gasteiger partial charge in [0.05, 0.1) is 11.4 Å². The molecule has 4 N–H and O–H groups in total. The second kappa shape index (κ2) is 18.1. The molecule has 306 valence electrons. The summed E-state index contributed by atoms with van der Waals surface area (Å²) in [6.45, 7) is 7.30. The third-order valence-corrected chi connectivity index (χ3v) is 11.8. The molecule has 4 rings (SSSR count). The molecule has 3 aromatic rings. The molecule has 1 aliphatic heterocycles. The molecule has 3 aromatic carbocycles. The molecule has 0 bridgehead atoms. The fourth-order valence-electron chi connectivity index (χ4n) is 6.57. The van der Waals surface area contributed by atoms with Crippen LogP contribution in [0.15, 0.2) is 83.8 Å². The number of sulfonamides is 1. The number of rotatable bonds is 14. The third-order valence-electron chi connectivity index (χ3n) is 10.2. The zero-order valence-electron chi connectivity index (χ0n) is 32.2. The second-order valence-electron chi connectivity index (χ2n) is 14.8. The van der Waals surface area contributed by atoms with Gasteiger partial charge in [0.15, 0.2) is 0 Å². The van der Waals surface area contributed by atoms with Crippen molar-refractivity contribution >= 4 is 57.1 Å². The second-order valence-corrected chi connectivity index (χ2v) is 16.9. The SMILES string of the molecule is CC(C)C(NC(=O)[N+]1(C(=O)[C@@H](N)C(C)C)CCC[C@H]1C)C(=O)C(F)(F)C(=O)N(CCc1ccccc1)C(=O)c1ccc(C(=O)NS(=O)(=O)c2ccc(Cl)cc2)cc1. The van der Waals surface area contributed by atoms with Crippen LogP contribution in [-0.4, -0.2) is 90.4 Å². The van der Waals surface area contributed by atoms with Crippen LogP contribution in [0.2, 0.25) is 5.02 Å². The van der Waals surface area contributed by atoms with Gasteiger partial charge in [-0.05, 0) is 79.3 Å². The van der Waals surface area contributed by atoms with Gasteiger partial charge < -0.3 is 5.73 Å². The number of hydrogen-bond donors (Lipinski definition) is 3. The number of halogens is 3. The summed E-state index contributed by atoms with van der Waals surface area (Å²) < 4.78 is 59.1. The number of hydrogen-bond acceptors (Lipinski definition) is 9. The van der Waals surface area contributed by atoms with Crippen molar-refractivity contribution in [2.75, 3.05) is 13.1 Å². The monoisotopic (exact) mass is 830 g/mol. The summed E-state index contributed by atoms with van der Waals surface area (Å²) in [6, 6.07) is 13.0. The molecule has 6 amide bonds. The number of ketones is 1. The number of nitrogens with zero attached hydrogens (tertiary/aromatic N) is 2. The molecule has 0 radical (unpaired) electrons. The van der Waals surface area contributed by atoms with Gasteiger partial charge in [-0.15, -0.1) is 0 Å². The van der Waals surface area contributed by atoms with Gasteiger partial charge in [-0.3, -0.25) is 29.4 Å². The minimum Gasteiger partial charge on any atom is -0.316 e. The molecule has 1 fully saturated rings. The molecule has 4 atom stereocenters. The Morgan fingerprint density at radius 2 is 1.47 bits per heavy atom. The molecule has 17 heteroatoms. The highest BCUT2D eigenvalue weighted by Crippen LogP contribution is 2.31. The molecule has 1 aliphatic rings. The van der Waals surface area contributed by atoms with Gasteiger partial charge in [-0.2, -0.15) is 13.3 Å². The molecular formula is C40H47ClF2N5O8S+. The van der Waals surface area contributed by atoms with E-state index < -0.39 is 86.5 Å². The first kappa shape index (κ1) is 44.8. The molecule has 57 heavy (non-hydrogen) atoms. The number of carbonyl (C=O) groups excluding carboxylic acids is 6.